The van der Waals surface area contributed by atoms with E-state index in [9.17, 15) is 19.7 Å². The van der Waals surface area contributed by atoms with Gasteiger partial charge in [-0.3, -0.25) is 19.7 Å². The number of hydrogen-bond donors (Lipinski definition) is 2. The maximum atomic E-state index is 12.5. The molecule has 0 saturated carbocycles. The van der Waals surface area contributed by atoms with Crippen LogP contribution in [0.3, 0.4) is 0 Å². The quantitative estimate of drug-likeness (QED) is 0.576. The molecule has 0 spiro atoms. The van der Waals surface area contributed by atoms with Gasteiger partial charge < -0.3 is 10.4 Å². The minimum absolute atomic E-state index is 0.0414. The lowest BCUT2D eigenvalue weighted by Crippen LogP contribution is -2.51. The van der Waals surface area contributed by atoms with Gasteiger partial charge >= 0.3 is 5.97 Å². The third kappa shape index (κ3) is 4.24. The van der Waals surface area contributed by atoms with E-state index in [1.54, 1.807) is 13.1 Å². The zero-order chi connectivity index (χ0) is 19.5. The number of amides is 1. The summed E-state index contributed by atoms with van der Waals surface area (Å²) in [6.45, 7) is 5.34. The van der Waals surface area contributed by atoms with Crippen molar-refractivity contribution in [1.82, 2.24) is 15.1 Å². The van der Waals surface area contributed by atoms with Crippen molar-refractivity contribution >= 4 is 17.6 Å². The number of non-ortho nitro benzene ring substituents is 1. The Hall–Kier alpha value is -3.23. The Morgan fingerprint density at radius 2 is 1.92 bits per heavy atom. The van der Waals surface area contributed by atoms with Crippen LogP contribution in [0.1, 0.15) is 37.7 Å². The molecule has 9 heteroatoms. The van der Waals surface area contributed by atoms with Gasteiger partial charge in [-0.2, -0.15) is 5.10 Å². The van der Waals surface area contributed by atoms with Crippen LogP contribution < -0.4 is 5.32 Å². The minimum Gasteiger partial charge on any atom is -0.481 e. The van der Waals surface area contributed by atoms with E-state index < -0.39 is 22.3 Å². The number of nitrogens with zero attached hydrogens (tertiary/aromatic N) is 3. The summed E-state index contributed by atoms with van der Waals surface area (Å²) in [6.07, 6.45) is 1.35. The van der Waals surface area contributed by atoms with Crippen LogP contribution in [-0.4, -0.2) is 37.2 Å². The van der Waals surface area contributed by atoms with Crippen LogP contribution in [0.25, 0.3) is 5.69 Å². The fraction of sp³-hybridized carbons (Fsp3) is 0.353. The Morgan fingerprint density at radius 1 is 1.31 bits per heavy atom. The van der Waals surface area contributed by atoms with Crippen molar-refractivity contribution in [3.63, 3.8) is 0 Å². The summed E-state index contributed by atoms with van der Waals surface area (Å²) >= 11 is 0. The van der Waals surface area contributed by atoms with Crippen LogP contribution in [0.5, 0.6) is 0 Å². The van der Waals surface area contributed by atoms with Gasteiger partial charge in [-0.15, -0.1) is 0 Å². The van der Waals surface area contributed by atoms with Gasteiger partial charge in [0.1, 0.15) is 0 Å². The molecule has 0 radical (unpaired) electrons. The first-order valence-corrected chi connectivity index (χ1v) is 7.97. The molecule has 1 aromatic heterocycles. The number of benzene rings is 1. The van der Waals surface area contributed by atoms with Gasteiger partial charge in [0.05, 0.1) is 22.6 Å². The summed E-state index contributed by atoms with van der Waals surface area (Å²) in [4.78, 5) is 33.7. The molecular weight excluding hydrogens is 340 g/mol. The average molecular weight is 360 g/mol. The number of carbonyl (C=O) groups excluding carboxylic acids is 1. The van der Waals surface area contributed by atoms with Crippen molar-refractivity contribution < 1.29 is 19.6 Å². The number of nitro benzene ring substituents is 1. The standard InChI is InChI=1S/C17H20N4O5/c1-11(2)17(3,10-15(22)23)18-16(24)14-8-9-20(19-14)12-4-6-13(7-5-12)21(25)26/h4-9,11H,10H2,1-3H3,(H,18,24)(H,22,23). The first-order valence-electron chi connectivity index (χ1n) is 7.97. The van der Waals surface area contributed by atoms with Crippen molar-refractivity contribution in [2.75, 3.05) is 0 Å². The topological polar surface area (TPSA) is 127 Å². The highest BCUT2D eigenvalue weighted by Crippen LogP contribution is 2.21. The SMILES string of the molecule is CC(C)C(C)(CC(=O)O)NC(=O)c1ccn(-c2ccc([N+](=O)[O-])cc2)n1. The predicted molar refractivity (Wildman–Crippen MR) is 93.2 cm³/mol. The van der Waals surface area contributed by atoms with Crippen molar-refractivity contribution in [2.24, 2.45) is 5.92 Å². The fourth-order valence-corrected chi connectivity index (χ4v) is 2.35. The lowest BCUT2D eigenvalue weighted by atomic mass is 9.85. The number of carbonyl (C=O) groups is 2. The molecule has 0 fully saturated rings. The van der Waals surface area contributed by atoms with Crippen LogP contribution in [0.15, 0.2) is 36.5 Å². The lowest BCUT2D eigenvalue weighted by Gasteiger charge is -2.33. The second-order valence-electron chi connectivity index (χ2n) is 6.52. The molecule has 2 N–H and O–H groups in total. The van der Waals surface area contributed by atoms with E-state index in [4.69, 9.17) is 5.11 Å². The molecule has 9 nitrogen and oxygen atoms in total. The number of hydrogen-bond acceptors (Lipinski definition) is 5. The van der Waals surface area contributed by atoms with E-state index in [-0.39, 0.29) is 23.7 Å². The highest BCUT2D eigenvalue weighted by atomic mass is 16.6. The van der Waals surface area contributed by atoms with Gasteiger partial charge in [0.2, 0.25) is 0 Å². The van der Waals surface area contributed by atoms with Gasteiger partial charge in [-0.25, -0.2) is 4.68 Å². The fourth-order valence-electron chi connectivity index (χ4n) is 2.35. The Morgan fingerprint density at radius 3 is 2.42 bits per heavy atom. The van der Waals surface area contributed by atoms with E-state index in [1.165, 1.54) is 35.0 Å². The summed E-state index contributed by atoms with van der Waals surface area (Å²) in [5.41, 5.74) is -0.271. The van der Waals surface area contributed by atoms with Gasteiger partial charge in [0.25, 0.3) is 11.6 Å². The monoisotopic (exact) mass is 360 g/mol. The molecular formula is C17H20N4O5. The maximum absolute atomic E-state index is 12.5. The normalized spacial score (nSPS) is 13.2. The number of carboxylic acid groups (broad SMARTS) is 1. The second-order valence-corrected chi connectivity index (χ2v) is 6.52. The molecule has 0 bridgehead atoms. The summed E-state index contributed by atoms with van der Waals surface area (Å²) in [6, 6.07) is 7.24. The molecule has 26 heavy (non-hydrogen) atoms. The number of nitro groups is 1. The molecule has 2 rings (SSSR count). The molecule has 0 aliphatic carbocycles. The maximum Gasteiger partial charge on any atom is 0.305 e. The van der Waals surface area contributed by atoms with E-state index >= 15 is 0 Å². The molecule has 1 unspecified atom stereocenters. The van der Waals surface area contributed by atoms with Crippen LogP contribution in [0, 0.1) is 16.0 Å². The molecule has 0 aliphatic rings. The minimum atomic E-state index is -1.00. The molecule has 1 heterocycles. The first-order chi connectivity index (χ1) is 12.1. The van der Waals surface area contributed by atoms with Crippen LogP contribution in [0.4, 0.5) is 5.69 Å². The molecule has 1 amide bonds. The summed E-state index contributed by atoms with van der Waals surface area (Å²) in [5.74, 6) is -1.58. The molecule has 0 aliphatic heterocycles. The molecule has 1 atom stereocenters. The van der Waals surface area contributed by atoms with E-state index in [0.717, 1.165) is 0 Å². The zero-order valence-electron chi connectivity index (χ0n) is 14.7. The van der Waals surface area contributed by atoms with Crippen LogP contribution >= 0.6 is 0 Å². The van der Waals surface area contributed by atoms with Crippen LogP contribution in [-0.2, 0) is 4.79 Å². The van der Waals surface area contributed by atoms with E-state index in [0.29, 0.717) is 5.69 Å². The Labute approximate surface area is 149 Å². The summed E-state index contributed by atoms with van der Waals surface area (Å²) in [7, 11) is 0. The number of aliphatic carboxylic acids is 1. The molecule has 2 aromatic rings. The van der Waals surface area contributed by atoms with Gasteiger partial charge in [0, 0.05) is 18.3 Å². The second kappa shape index (κ2) is 7.34. The number of carboxylic acids is 1. The molecule has 138 valence electrons. The van der Waals surface area contributed by atoms with Gasteiger partial charge in [-0.05, 0) is 31.0 Å². The third-order valence-corrected chi connectivity index (χ3v) is 4.34. The highest BCUT2D eigenvalue weighted by Gasteiger charge is 2.33. The van der Waals surface area contributed by atoms with Gasteiger partial charge in [-0.1, -0.05) is 13.8 Å². The lowest BCUT2D eigenvalue weighted by molar-refractivity contribution is -0.384. The average Bonchev–Trinajstić information content (AvgIpc) is 3.04. The summed E-state index contributed by atoms with van der Waals surface area (Å²) < 4.78 is 1.42. The van der Waals surface area contributed by atoms with Crippen molar-refractivity contribution in [3.05, 3.63) is 52.3 Å². The van der Waals surface area contributed by atoms with Gasteiger partial charge in [0.15, 0.2) is 5.69 Å². The van der Waals surface area contributed by atoms with Crippen LogP contribution in [0.2, 0.25) is 0 Å². The Bertz CT molecular complexity index is 828. The zero-order valence-corrected chi connectivity index (χ0v) is 14.7. The Balaban J connectivity index is 2.19. The smallest absolute Gasteiger partial charge is 0.305 e. The van der Waals surface area contributed by atoms with Crippen molar-refractivity contribution in [2.45, 2.75) is 32.7 Å². The Kier molecular flexibility index (Phi) is 5.39. The predicted octanol–water partition coefficient (Wildman–Crippen LogP) is 2.40. The van der Waals surface area contributed by atoms with Crippen molar-refractivity contribution in [3.8, 4) is 5.69 Å². The largest absolute Gasteiger partial charge is 0.481 e. The third-order valence-electron chi connectivity index (χ3n) is 4.34. The molecule has 0 saturated heterocycles. The number of rotatable bonds is 7. The molecule has 1 aromatic carbocycles. The number of aromatic nitrogens is 2. The summed E-state index contributed by atoms with van der Waals surface area (Å²) in [5, 5.41) is 26.7. The van der Waals surface area contributed by atoms with Crippen molar-refractivity contribution in [1.29, 1.82) is 0 Å². The van der Waals surface area contributed by atoms with E-state index in [2.05, 4.69) is 10.4 Å². The first kappa shape index (κ1) is 19.1. The van der Waals surface area contributed by atoms with E-state index in [1.807, 2.05) is 13.8 Å². The highest BCUT2D eigenvalue weighted by molar-refractivity contribution is 5.93. The number of nitrogens with one attached hydrogen (secondary N) is 1.